The first-order chi connectivity index (χ1) is 6.27. The predicted molar refractivity (Wildman–Crippen MR) is 56.2 cm³/mol. The third kappa shape index (κ3) is 2.90. The fourth-order valence-corrected chi connectivity index (χ4v) is 2.26. The lowest BCUT2D eigenvalue weighted by Gasteiger charge is -2.27. The van der Waals surface area contributed by atoms with E-state index in [2.05, 4.69) is 12.0 Å². The van der Waals surface area contributed by atoms with Crippen LogP contribution in [0.25, 0.3) is 0 Å². The van der Waals surface area contributed by atoms with Gasteiger partial charge in [0.1, 0.15) is 5.84 Å². The summed E-state index contributed by atoms with van der Waals surface area (Å²) in [6, 6.07) is 0. The van der Waals surface area contributed by atoms with E-state index in [4.69, 9.17) is 11.6 Å². The van der Waals surface area contributed by atoms with Crippen molar-refractivity contribution >= 4 is 5.84 Å². The average molecular weight is 183 g/mol. The molecule has 3 nitrogen and oxygen atoms in total. The fourth-order valence-electron chi connectivity index (χ4n) is 2.26. The van der Waals surface area contributed by atoms with Crippen molar-refractivity contribution in [2.24, 2.45) is 28.5 Å². The quantitative estimate of drug-likeness (QED) is 0.303. The van der Waals surface area contributed by atoms with E-state index in [0.29, 0.717) is 11.8 Å². The number of rotatable bonds is 3. The summed E-state index contributed by atoms with van der Waals surface area (Å²) in [6.07, 6.45) is 7.63. The van der Waals surface area contributed by atoms with Gasteiger partial charge in [-0.25, -0.2) is 0 Å². The minimum absolute atomic E-state index is 0.457. The van der Waals surface area contributed by atoms with Crippen LogP contribution >= 0.6 is 0 Å². The Morgan fingerprint density at radius 2 is 1.92 bits per heavy atom. The summed E-state index contributed by atoms with van der Waals surface area (Å²) in [4.78, 5) is 0. The summed E-state index contributed by atoms with van der Waals surface area (Å²) in [5.74, 6) is 7.19. The lowest BCUT2D eigenvalue weighted by Crippen LogP contribution is -2.29. The smallest absolute Gasteiger partial charge is 0.122 e. The van der Waals surface area contributed by atoms with Crippen molar-refractivity contribution < 1.29 is 0 Å². The second-order valence-corrected chi connectivity index (χ2v) is 4.06. The van der Waals surface area contributed by atoms with Gasteiger partial charge in [-0.05, 0) is 31.6 Å². The first-order valence-electron chi connectivity index (χ1n) is 5.31. The molecule has 0 saturated heterocycles. The standard InChI is InChI=1S/C10H21N3/c1-2-3-8-4-6-9(7-5-8)10(11)13-12/h8-9H,2-7,12H2,1H3,(H2,11,13). The van der Waals surface area contributed by atoms with E-state index in [9.17, 15) is 0 Å². The molecule has 0 heterocycles. The molecule has 0 aromatic carbocycles. The Bertz CT molecular complexity index is 169. The van der Waals surface area contributed by atoms with Gasteiger partial charge in [0, 0.05) is 5.92 Å². The van der Waals surface area contributed by atoms with Crippen molar-refractivity contribution in [3.05, 3.63) is 0 Å². The van der Waals surface area contributed by atoms with Gasteiger partial charge in [-0.1, -0.05) is 19.8 Å². The van der Waals surface area contributed by atoms with Crippen LogP contribution in [0.4, 0.5) is 0 Å². The second kappa shape index (κ2) is 5.10. The molecule has 0 aliphatic heterocycles. The van der Waals surface area contributed by atoms with Crippen LogP contribution in [0.3, 0.4) is 0 Å². The third-order valence-corrected chi connectivity index (χ3v) is 3.11. The number of hydrogen-bond acceptors (Lipinski definition) is 2. The SMILES string of the molecule is CCCC1CCC(C(N)=NN)CC1. The molecular weight excluding hydrogens is 162 g/mol. The maximum atomic E-state index is 5.69. The Labute approximate surface area is 80.6 Å². The molecule has 0 atom stereocenters. The van der Waals surface area contributed by atoms with Crippen molar-refractivity contribution in [3.63, 3.8) is 0 Å². The number of nitrogens with zero attached hydrogens (tertiary/aromatic N) is 1. The Hall–Kier alpha value is -0.730. The number of hydrogen-bond donors (Lipinski definition) is 2. The van der Waals surface area contributed by atoms with Crippen LogP contribution in [0.5, 0.6) is 0 Å². The topological polar surface area (TPSA) is 64.4 Å². The molecule has 13 heavy (non-hydrogen) atoms. The van der Waals surface area contributed by atoms with Crippen LogP contribution in [-0.4, -0.2) is 5.84 Å². The van der Waals surface area contributed by atoms with E-state index >= 15 is 0 Å². The lowest BCUT2D eigenvalue weighted by molar-refractivity contribution is 0.303. The van der Waals surface area contributed by atoms with E-state index in [-0.39, 0.29) is 0 Å². The molecule has 1 rings (SSSR count). The van der Waals surface area contributed by atoms with Gasteiger partial charge in [0.25, 0.3) is 0 Å². The van der Waals surface area contributed by atoms with E-state index in [1.807, 2.05) is 0 Å². The number of amidine groups is 1. The van der Waals surface area contributed by atoms with Crippen molar-refractivity contribution in [2.75, 3.05) is 0 Å². The molecule has 0 radical (unpaired) electrons. The molecular formula is C10H21N3. The van der Waals surface area contributed by atoms with Gasteiger partial charge in [-0.3, -0.25) is 0 Å². The Kier molecular flexibility index (Phi) is 4.06. The molecule has 0 amide bonds. The molecule has 1 aliphatic rings. The maximum Gasteiger partial charge on any atom is 0.122 e. The summed E-state index contributed by atoms with van der Waals surface area (Å²) in [6.45, 7) is 2.25. The minimum Gasteiger partial charge on any atom is -0.386 e. The predicted octanol–water partition coefficient (Wildman–Crippen LogP) is 1.82. The van der Waals surface area contributed by atoms with E-state index in [1.165, 1.54) is 38.5 Å². The van der Waals surface area contributed by atoms with Gasteiger partial charge in [-0.15, -0.1) is 0 Å². The zero-order valence-corrected chi connectivity index (χ0v) is 8.50. The highest BCUT2D eigenvalue weighted by Gasteiger charge is 2.22. The number of hydrazone groups is 1. The van der Waals surface area contributed by atoms with Crippen molar-refractivity contribution in [3.8, 4) is 0 Å². The van der Waals surface area contributed by atoms with E-state index in [0.717, 1.165) is 5.92 Å². The molecule has 0 aromatic rings. The van der Waals surface area contributed by atoms with Gasteiger partial charge >= 0.3 is 0 Å². The normalized spacial score (nSPS) is 30.4. The lowest BCUT2D eigenvalue weighted by atomic mass is 9.80. The summed E-state index contributed by atoms with van der Waals surface area (Å²) in [5.41, 5.74) is 5.69. The fraction of sp³-hybridized carbons (Fsp3) is 0.900. The zero-order valence-electron chi connectivity index (χ0n) is 8.50. The molecule has 1 saturated carbocycles. The average Bonchev–Trinajstić information content (AvgIpc) is 2.18. The monoisotopic (exact) mass is 183 g/mol. The number of nitrogens with two attached hydrogens (primary N) is 2. The molecule has 4 N–H and O–H groups in total. The van der Waals surface area contributed by atoms with Gasteiger partial charge in [-0.2, -0.15) is 5.10 Å². The summed E-state index contributed by atoms with van der Waals surface area (Å²) in [5, 5.41) is 3.58. The first kappa shape index (κ1) is 10.4. The first-order valence-corrected chi connectivity index (χ1v) is 5.31. The van der Waals surface area contributed by atoms with Crippen LogP contribution in [0.2, 0.25) is 0 Å². The van der Waals surface area contributed by atoms with Gasteiger partial charge in [0.15, 0.2) is 0 Å². The zero-order chi connectivity index (χ0) is 9.68. The van der Waals surface area contributed by atoms with Gasteiger partial charge in [0.05, 0.1) is 0 Å². The van der Waals surface area contributed by atoms with Crippen LogP contribution in [0.15, 0.2) is 5.10 Å². The molecule has 1 aliphatic carbocycles. The summed E-state index contributed by atoms with van der Waals surface area (Å²) >= 11 is 0. The highest BCUT2D eigenvalue weighted by molar-refractivity contribution is 5.82. The minimum atomic E-state index is 0.457. The van der Waals surface area contributed by atoms with Crippen molar-refractivity contribution in [1.82, 2.24) is 0 Å². The van der Waals surface area contributed by atoms with Crippen molar-refractivity contribution in [1.29, 1.82) is 0 Å². The van der Waals surface area contributed by atoms with E-state index in [1.54, 1.807) is 0 Å². The van der Waals surface area contributed by atoms with Crippen LogP contribution in [-0.2, 0) is 0 Å². The van der Waals surface area contributed by atoms with Gasteiger partial charge in [0.2, 0.25) is 0 Å². The molecule has 0 spiro atoms. The van der Waals surface area contributed by atoms with E-state index < -0.39 is 0 Å². The van der Waals surface area contributed by atoms with Crippen LogP contribution < -0.4 is 11.6 Å². The highest BCUT2D eigenvalue weighted by Crippen LogP contribution is 2.31. The summed E-state index contributed by atoms with van der Waals surface area (Å²) in [7, 11) is 0. The van der Waals surface area contributed by atoms with Crippen molar-refractivity contribution in [2.45, 2.75) is 45.4 Å². The largest absolute Gasteiger partial charge is 0.386 e. The molecule has 0 bridgehead atoms. The Balaban J connectivity index is 2.30. The molecule has 1 fully saturated rings. The summed E-state index contributed by atoms with van der Waals surface area (Å²) < 4.78 is 0. The third-order valence-electron chi connectivity index (χ3n) is 3.11. The van der Waals surface area contributed by atoms with Crippen LogP contribution in [0, 0.1) is 11.8 Å². The highest BCUT2D eigenvalue weighted by atomic mass is 15.2. The molecule has 0 unspecified atom stereocenters. The molecule has 3 heteroatoms. The molecule has 76 valence electrons. The Morgan fingerprint density at radius 1 is 1.31 bits per heavy atom. The maximum absolute atomic E-state index is 5.69. The second-order valence-electron chi connectivity index (χ2n) is 4.06. The molecule has 0 aromatic heterocycles. The Morgan fingerprint density at radius 3 is 2.38 bits per heavy atom. The van der Waals surface area contributed by atoms with Gasteiger partial charge < -0.3 is 11.6 Å². The van der Waals surface area contributed by atoms with Crippen LogP contribution in [0.1, 0.15) is 45.4 Å².